The summed E-state index contributed by atoms with van der Waals surface area (Å²) in [4.78, 5) is 30.5. The SMILES string of the molecule is C[C@H](N)[C@H]1CCN(c2nc3c(cc2F)c(=O)c(C(=O)O)cn3-c2ccc(O)cc2)C1.Cl. The second kappa shape index (κ2) is 8.52. The highest BCUT2D eigenvalue weighted by molar-refractivity contribution is 5.92. The Bertz CT molecular complexity index is 1200. The minimum Gasteiger partial charge on any atom is -0.508 e. The van der Waals surface area contributed by atoms with Crippen molar-refractivity contribution in [3.63, 3.8) is 0 Å². The summed E-state index contributed by atoms with van der Waals surface area (Å²) in [6, 6.07) is 6.97. The third-order valence-electron chi connectivity index (χ3n) is 5.54. The fourth-order valence-electron chi connectivity index (χ4n) is 3.81. The quantitative estimate of drug-likeness (QED) is 0.560. The maximum absolute atomic E-state index is 14.9. The van der Waals surface area contributed by atoms with Crippen LogP contribution >= 0.6 is 12.4 Å². The highest BCUT2D eigenvalue weighted by atomic mass is 35.5. The molecule has 0 unspecified atom stereocenters. The van der Waals surface area contributed by atoms with E-state index in [4.69, 9.17) is 5.73 Å². The molecule has 0 amide bonds. The Morgan fingerprint density at radius 2 is 2.00 bits per heavy atom. The molecule has 0 spiro atoms. The first-order chi connectivity index (χ1) is 14.3. The number of carbonyl (C=O) groups is 1. The molecule has 164 valence electrons. The molecule has 0 saturated carbocycles. The van der Waals surface area contributed by atoms with Gasteiger partial charge < -0.3 is 25.4 Å². The van der Waals surface area contributed by atoms with E-state index in [1.165, 1.54) is 22.9 Å². The van der Waals surface area contributed by atoms with Crippen molar-refractivity contribution < 1.29 is 19.4 Å². The Hall–Kier alpha value is -3.17. The third-order valence-corrected chi connectivity index (χ3v) is 5.54. The van der Waals surface area contributed by atoms with Gasteiger partial charge in [-0.25, -0.2) is 14.2 Å². The number of hydrogen-bond donors (Lipinski definition) is 3. The molecule has 1 fully saturated rings. The number of halogens is 2. The second-order valence-corrected chi connectivity index (χ2v) is 7.58. The van der Waals surface area contributed by atoms with Crippen LogP contribution in [0.4, 0.5) is 10.2 Å². The van der Waals surface area contributed by atoms with Crippen molar-refractivity contribution in [3.05, 3.63) is 58.1 Å². The van der Waals surface area contributed by atoms with Gasteiger partial charge >= 0.3 is 5.97 Å². The molecular weight excluding hydrogens is 427 g/mol. The number of pyridine rings is 2. The molecule has 0 bridgehead atoms. The first-order valence-corrected chi connectivity index (χ1v) is 9.55. The average Bonchev–Trinajstić information content (AvgIpc) is 3.19. The number of rotatable bonds is 4. The lowest BCUT2D eigenvalue weighted by Crippen LogP contribution is -2.30. The lowest BCUT2D eigenvalue weighted by molar-refractivity contribution is 0.0695. The van der Waals surface area contributed by atoms with Crippen molar-refractivity contribution in [3.8, 4) is 11.4 Å². The minimum atomic E-state index is -1.42. The molecule has 3 heterocycles. The van der Waals surface area contributed by atoms with Crippen LogP contribution in [0.1, 0.15) is 23.7 Å². The predicted molar refractivity (Wildman–Crippen MR) is 117 cm³/mol. The lowest BCUT2D eigenvalue weighted by atomic mass is 10.0. The van der Waals surface area contributed by atoms with Crippen LogP contribution < -0.4 is 16.1 Å². The molecule has 10 heteroatoms. The Balaban J connectivity index is 0.00000272. The zero-order valence-electron chi connectivity index (χ0n) is 16.7. The van der Waals surface area contributed by atoms with E-state index in [2.05, 4.69) is 4.98 Å². The molecule has 31 heavy (non-hydrogen) atoms. The molecule has 1 saturated heterocycles. The molecule has 2 atom stereocenters. The number of anilines is 1. The number of aromatic nitrogens is 2. The zero-order valence-corrected chi connectivity index (χ0v) is 17.5. The highest BCUT2D eigenvalue weighted by Gasteiger charge is 2.29. The number of fused-ring (bicyclic) bond motifs is 1. The van der Waals surface area contributed by atoms with E-state index in [0.29, 0.717) is 18.8 Å². The van der Waals surface area contributed by atoms with Crippen LogP contribution in [0.15, 0.2) is 41.3 Å². The summed E-state index contributed by atoms with van der Waals surface area (Å²) in [5, 5.41) is 18.9. The second-order valence-electron chi connectivity index (χ2n) is 7.58. The summed E-state index contributed by atoms with van der Waals surface area (Å²) in [7, 11) is 0. The number of phenols is 1. The predicted octanol–water partition coefficient (Wildman–Crippen LogP) is 2.52. The molecule has 4 N–H and O–H groups in total. The van der Waals surface area contributed by atoms with Crippen LogP contribution in [0.5, 0.6) is 5.75 Å². The van der Waals surface area contributed by atoms with Gasteiger partial charge in [-0.3, -0.25) is 4.79 Å². The lowest BCUT2D eigenvalue weighted by Gasteiger charge is -2.21. The number of aromatic hydroxyl groups is 1. The molecule has 1 aliphatic rings. The van der Waals surface area contributed by atoms with Crippen LogP contribution in [-0.4, -0.2) is 44.9 Å². The molecule has 0 radical (unpaired) electrons. The smallest absolute Gasteiger partial charge is 0.341 e. The Labute approximate surface area is 183 Å². The van der Waals surface area contributed by atoms with Crippen molar-refractivity contribution >= 4 is 35.2 Å². The topological polar surface area (TPSA) is 122 Å². The molecule has 2 aromatic heterocycles. The number of carboxylic acids is 1. The molecule has 8 nitrogen and oxygen atoms in total. The first kappa shape index (κ1) is 22.5. The van der Waals surface area contributed by atoms with E-state index < -0.39 is 22.8 Å². The average molecular weight is 449 g/mol. The van der Waals surface area contributed by atoms with Gasteiger partial charge in [-0.1, -0.05) is 0 Å². The largest absolute Gasteiger partial charge is 0.508 e. The number of hydrogen-bond acceptors (Lipinski definition) is 6. The van der Waals surface area contributed by atoms with Gasteiger partial charge in [-0.05, 0) is 49.6 Å². The number of carboxylic acid groups (broad SMARTS) is 1. The molecule has 3 aromatic rings. The number of phenolic OH excluding ortho intramolecular Hbond substituents is 1. The number of nitrogens with two attached hydrogens (primary N) is 1. The van der Waals surface area contributed by atoms with Crippen molar-refractivity contribution in [1.82, 2.24) is 9.55 Å². The van der Waals surface area contributed by atoms with Crippen LogP contribution in [-0.2, 0) is 0 Å². The van der Waals surface area contributed by atoms with Gasteiger partial charge in [0, 0.05) is 31.0 Å². The maximum Gasteiger partial charge on any atom is 0.341 e. The van der Waals surface area contributed by atoms with Gasteiger partial charge in [0.15, 0.2) is 17.3 Å². The van der Waals surface area contributed by atoms with Crippen molar-refractivity contribution in [2.24, 2.45) is 11.7 Å². The van der Waals surface area contributed by atoms with Crippen LogP contribution in [0.3, 0.4) is 0 Å². The van der Waals surface area contributed by atoms with Crippen molar-refractivity contribution in [2.45, 2.75) is 19.4 Å². The number of aromatic carboxylic acids is 1. The standard InChI is InChI=1S/C21H21FN4O4.ClH/c1-11(23)12-6-7-25(9-12)20-17(22)8-15-18(28)16(21(29)30)10-26(19(15)24-20)13-2-4-14(27)5-3-13;/h2-5,8,10-12,27H,6-7,9,23H2,1H3,(H,29,30);1H/t11-,12-;/m0./s1. The van der Waals surface area contributed by atoms with Crippen LogP contribution in [0.2, 0.25) is 0 Å². The normalized spacial score (nSPS) is 16.9. The number of nitrogens with zero attached hydrogens (tertiary/aromatic N) is 3. The molecule has 0 aliphatic carbocycles. The van der Waals surface area contributed by atoms with Gasteiger partial charge in [-0.2, -0.15) is 0 Å². The van der Waals surface area contributed by atoms with E-state index >= 15 is 0 Å². The van der Waals surface area contributed by atoms with Gasteiger partial charge in [0.05, 0.1) is 5.39 Å². The van der Waals surface area contributed by atoms with E-state index in [9.17, 15) is 24.2 Å². The molecule has 4 rings (SSSR count). The molecular formula is C21H22ClFN4O4. The van der Waals surface area contributed by atoms with Gasteiger partial charge in [0.1, 0.15) is 11.3 Å². The molecule has 1 aliphatic heterocycles. The highest BCUT2D eigenvalue weighted by Crippen LogP contribution is 2.29. The van der Waals surface area contributed by atoms with Crippen LogP contribution in [0.25, 0.3) is 16.7 Å². The van der Waals surface area contributed by atoms with Crippen molar-refractivity contribution in [2.75, 3.05) is 18.0 Å². The van der Waals surface area contributed by atoms with E-state index in [-0.39, 0.29) is 47.0 Å². The Morgan fingerprint density at radius 1 is 1.32 bits per heavy atom. The Kier molecular flexibility index (Phi) is 6.19. The fourth-order valence-corrected chi connectivity index (χ4v) is 3.81. The summed E-state index contributed by atoms with van der Waals surface area (Å²) >= 11 is 0. The van der Waals surface area contributed by atoms with Crippen LogP contribution in [0, 0.1) is 11.7 Å². The van der Waals surface area contributed by atoms with E-state index in [1.807, 2.05) is 6.92 Å². The van der Waals surface area contributed by atoms with Gasteiger partial charge in [-0.15, -0.1) is 12.4 Å². The Morgan fingerprint density at radius 3 is 2.58 bits per heavy atom. The zero-order chi connectivity index (χ0) is 21.6. The number of benzene rings is 1. The van der Waals surface area contributed by atoms with Gasteiger partial charge in [0.2, 0.25) is 5.43 Å². The third kappa shape index (κ3) is 4.06. The maximum atomic E-state index is 14.9. The molecule has 1 aromatic carbocycles. The monoisotopic (exact) mass is 448 g/mol. The summed E-state index contributed by atoms with van der Waals surface area (Å²) in [5.74, 6) is -1.78. The first-order valence-electron chi connectivity index (χ1n) is 9.55. The van der Waals surface area contributed by atoms with Gasteiger partial charge in [0.25, 0.3) is 0 Å². The van der Waals surface area contributed by atoms with E-state index in [1.54, 1.807) is 17.0 Å². The van der Waals surface area contributed by atoms with Crippen molar-refractivity contribution in [1.29, 1.82) is 0 Å². The summed E-state index contributed by atoms with van der Waals surface area (Å²) in [6.07, 6.45) is 1.97. The fraction of sp³-hybridized carbons (Fsp3) is 0.286. The summed E-state index contributed by atoms with van der Waals surface area (Å²) < 4.78 is 16.4. The summed E-state index contributed by atoms with van der Waals surface area (Å²) in [5.41, 5.74) is 5.29. The minimum absolute atomic E-state index is 0. The summed E-state index contributed by atoms with van der Waals surface area (Å²) in [6.45, 7) is 3.04. The van der Waals surface area contributed by atoms with E-state index in [0.717, 1.165) is 12.5 Å².